The molecule has 2 aromatic carbocycles. The van der Waals surface area contributed by atoms with Gasteiger partial charge >= 0.3 is 5.97 Å². The van der Waals surface area contributed by atoms with Gasteiger partial charge in [0.15, 0.2) is 16.7 Å². The Bertz CT molecular complexity index is 1180. The van der Waals surface area contributed by atoms with E-state index in [-0.39, 0.29) is 12.6 Å². The standard InChI is InChI=1S/C24H22BrClN2O4S/c1-4-31-23(29)20-14(2)27-24-28(8-9-33-24)21(20)16-11-18(25)22(19(12-16)30-3)32-13-15-6-5-7-17(26)10-15/h5-12,21H,4,13H2,1-3H3/t21-/m1/s1. The lowest BCUT2D eigenvalue weighted by Gasteiger charge is -2.33. The van der Waals surface area contributed by atoms with Crippen LogP contribution in [0, 0.1) is 0 Å². The van der Waals surface area contributed by atoms with E-state index in [0.717, 1.165) is 16.3 Å². The van der Waals surface area contributed by atoms with E-state index in [9.17, 15) is 4.79 Å². The van der Waals surface area contributed by atoms with Gasteiger partial charge in [-0.05, 0) is 70.6 Å². The lowest BCUT2D eigenvalue weighted by atomic mass is 9.94. The first-order valence-electron chi connectivity index (χ1n) is 10.3. The number of hydrogen-bond donors (Lipinski definition) is 0. The molecule has 0 aromatic heterocycles. The first-order chi connectivity index (χ1) is 15.9. The minimum Gasteiger partial charge on any atom is -0.493 e. The molecule has 0 saturated carbocycles. The van der Waals surface area contributed by atoms with E-state index >= 15 is 0 Å². The number of carbonyl (C=O) groups excluding carboxylic acids is 1. The van der Waals surface area contributed by atoms with Gasteiger partial charge in [0, 0.05) is 11.2 Å². The predicted octanol–water partition coefficient (Wildman–Crippen LogP) is 6.46. The number of fused-ring (bicyclic) bond motifs is 1. The third kappa shape index (κ3) is 4.93. The summed E-state index contributed by atoms with van der Waals surface area (Å²) in [5.74, 6) is 0.724. The van der Waals surface area contributed by atoms with Gasteiger partial charge in [-0.3, -0.25) is 0 Å². The summed E-state index contributed by atoms with van der Waals surface area (Å²) in [6, 6.07) is 10.9. The molecular weight excluding hydrogens is 528 g/mol. The highest BCUT2D eigenvalue weighted by molar-refractivity contribution is 9.10. The maximum Gasteiger partial charge on any atom is 0.338 e. The molecule has 4 rings (SSSR count). The van der Waals surface area contributed by atoms with Crippen LogP contribution in [0.5, 0.6) is 11.5 Å². The van der Waals surface area contributed by atoms with E-state index in [1.54, 1.807) is 14.0 Å². The van der Waals surface area contributed by atoms with Crippen LogP contribution >= 0.6 is 39.3 Å². The Hall–Kier alpha value is -2.42. The third-order valence-corrected chi connectivity index (χ3v) is 6.75. The van der Waals surface area contributed by atoms with Gasteiger partial charge in [0.1, 0.15) is 6.61 Å². The molecular formula is C24H22BrClN2O4S. The molecule has 0 aliphatic carbocycles. The molecule has 172 valence electrons. The first kappa shape index (κ1) is 23.7. The fourth-order valence-corrected chi connectivity index (χ4v) is 5.30. The van der Waals surface area contributed by atoms with Gasteiger partial charge in [-0.25, -0.2) is 9.79 Å². The maximum absolute atomic E-state index is 12.9. The van der Waals surface area contributed by atoms with Crippen molar-refractivity contribution in [3.8, 4) is 11.5 Å². The van der Waals surface area contributed by atoms with Crippen molar-refractivity contribution < 1.29 is 19.0 Å². The van der Waals surface area contributed by atoms with Crippen molar-refractivity contribution in [2.75, 3.05) is 13.7 Å². The number of methoxy groups -OCH3 is 1. The normalized spacial score (nSPS) is 17.1. The van der Waals surface area contributed by atoms with E-state index in [4.69, 9.17) is 25.8 Å². The van der Waals surface area contributed by atoms with Crippen molar-refractivity contribution in [2.45, 2.75) is 26.5 Å². The van der Waals surface area contributed by atoms with Gasteiger partial charge in [-0.15, -0.1) is 0 Å². The summed E-state index contributed by atoms with van der Waals surface area (Å²) >= 11 is 11.2. The predicted molar refractivity (Wildman–Crippen MR) is 135 cm³/mol. The van der Waals surface area contributed by atoms with Crippen molar-refractivity contribution in [1.29, 1.82) is 0 Å². The molecule has 6 nitrogen and oxygen atoms in total. The molecule has 0 amide bonds. The van der Waals surface area contributed by atoms with Gasteiger partial charge in [-0.1, -0.05) is 35.5 Å². The van der Waals surface area contributed by atoms with Crippen LogP contribution in [-0.2, 0) is 16.1 Å². The van der Waals surface area contributed by atoms with E-state index in [1.165, 1.54) is 11.8 Å². The van der Waals surface area contributed by atoms with Gasteiger partial charge in [0.05, 0.1) is 35.5 Å². The number of rotatable bonds is 7. The molecule has 2 aliphatic heterocycles. The summed E-state index contributed by atoms with van der Waals surface area (Å²) in [5.41, 5.74) is 2.92. The van der Waals surface area contributed by atoms with Gasteiger partial charge in [-0.2, -0.15) is 0 Å². The molecule has 0 unspecified atom stereocenters. The zero-order chi connectivity index (χ0) is 23.5. The van der Waals surface area contributed by atoms with Crippen molar-refractivity contribution in [1.82, 2.24) is 4.90 Å². The summed E-state index contributed by atoms with van der Waals surface area (Å²) in [5, 5.41) is 3.40. The van der Waals surface area contributed by atoms with E-state index in [2.05, 4.69) is 20.9 Å². The van der Waals surface area contributed by atoms with Crippen molar-refractivity contribution in [2.24, 2.45) is 4.99 Å². The monoisotopic (exact) mass is 548 g/mol. The summed E-state index contributed by atoms with van der Waals surface area (Å²) in [6.07, 6.45) is 1.92. The van der Waals surface area contributed by atoms with Crippen molar-refractivity contribution >= 4 is 50.4 Å². The Morgan fingerprint density at radius 1 is 1.30 bits per heavy atom. The Balaban J connectivity index is 1.71. The highest BCUT2D eigenvalue weighted by atomic mass is 79.9. The van der Waals surface area contributed by atoms with E-state index < -0.39 is 6.04 Å². The van der Waals surface area contributed by atoms with Crippen LogP contribution in [0.25, 0.3) is 0 Å². The van der Waals surface area contributed by atoms with Crippen LogP contribution in [0.3, 0.4) is 0 Å². The lowest BCUT2D eigenvalue weighted by molar-refractivity contribution is -0.139. The lowest BCUT2D eigenvalue weighted by Crippen LogP contribution is -2.34. The number of allylic oxidation sites excluding steroid dienone is 1. The third-order valence-electron chi connectivity index (χ3n) is 5.16. The van der Waals surface area contributed by atoms with Crippen LogP contribution in [-0.4, -0.2) is 29.8 Å². The molecule has 0 bridgehead atoms. The van der Waals surface area contributed by atoms with Gasteiger partial charge < -0.3 is 19.1 Å². The number of nitrogens with zero attached hydrogens (tertiary/aromatic N) is 2. The number of halogens is 2. The minimum absolute atomic E-state index is 0.285. The van der Waals surface area contributed by atoms with Crippen LogP contribution in [0.4, 0.5) is 0 Å². The Labute approximate surface area is 210 Å². The largest absolute Gasteiger partial charge is 0.493 e. The van der Waals surface area contributed by atoms with Crippen molar-refractivity contribution in [3.63, 3.8) is 0 Å². The molecule has 0 fully saturated rings. The number of esters is 1. The van der Waals surface area contributed by atoms with Crippen LogP contribution in [0.1, 0.15) is 31.0 Å². The van der Waals surface area contributed by atoms with Crippen LogP contribution in [0.2, 0.25) is 5.02 Å². The Morgan fingerprint density at radius 2 is 2.12 bits per heavy atom. The van der Waals surface area contributed by atoms with E-state index in [0.29, 0.717) is 38.9 Å². The zero-order valence-electron chi connectivity index (χ0n) is 18.3. The highest BCUT2D eigenvalue weighted by Gasteiger charge is 2.38. The quantitative estimate of drug-likeness (QED) is 0.370. The topological polar surface area (TPSA) is 60.4 Å². The molecule has 0 spiro atoms. The van der Waals surface area contributed by atoms with E-state index in [1.807, 2.05) is 59.8 Å². The molecule has 9 heteroatoms. The molecule has 2 heterocycles. The number of aliphatic imine (C=N–C) groups is 1. The van der Waals surface area contributed by atoms with Crippen LogP contribution < -0.4 is 9.47 Å². The Morgan fingerprint density at radius 3 is 2.85 bits per heavy atom. The number of benzene rings is 2. The number of ether oxygens (including phenoxy) is 3. The minimum atomic E-state index is -0.407. The van der Waals surface area contributed by atoms with Crippen LogP contribution in [0.15, 0.2) is 68.7 Å². The van der Waals surface area contributed by atoms with Gasteiger partial charge in [0.25, 0.3) is 0 Å². The highest BCUT2D eigenvalue weighted by Crippen LogP contribution is 2.45. The SMILES string of the molecule is CCOC(=O)C1=C(C)N=C2SC=CN2[C@@H]1c1cc(Br)c(OCc2cccc(Cl)c2)c(OC)c1. The smallest absolute Gasteiger partial charge is 0.338 e. The molecule has 33 heavy (non-hydrogen) atoms. The molecule has 0 radical (unpaired) electrons. The Kier molecular flexibility index (Phi) is 7.36. The molecule has 0 saturated heterocycles. The maximum atomic E-state index is 12.9. The second kappa shape index (κ2) is 10.2. The second-order valence-corrected chi connectivity index (χ2v) is 9.44. The average Bonchev–Trinajstić information content (AvgIpc) is 3.25. The van der Waals surface area contributed by atoms with Gasteiger partial charge in [0.2, 0.25) is 0 Å². The fourth-order valence-electron chi connectivity index (χ4n) is 3.72. The summed E-state index contributed by atoms with van der Waals surface area (Å²) < 4.78 is 17.8. The zero-order valence-corrected chi connectivity index (χ0v) is 21.5. The second-order valence-electron chi connectivity index (χ2n) is 7.28. The number of thioether (sulfide) groups is 1. The number of carbonyl (C=O) groups is 1. The molecule has 2 aromatic rings. The molecule has 1 atom stereocenters. The molecule has 0 N–H and O–H groups in total. The average molecular weight is 550 g/mol. The number of amidine groups is 1. The first-order valence-corrected chi connectivity index (χ1v) is 12.3. The summed E-state index contributed by atoms with van der Waals surface area (Å²) in [7, 11) is 1.59. The number of hydrogen-bond acceptors (Lipinski definition) is 7. The van der Waals surface area contributed by atoms with Crippen molar-refractivity contribution in [3.05, 3.63) is 79.9 Å². The fraction of sp³-hybridized carbons (Fsp3) is 0.250. The molecule has 2 aliphatic rings. The summed E-state index contributed by atoms with van der Waals surface area (Å²) in [6.45, 7) is 4.23. The summed E-state index contributed by atoms with van der Waals surface area (Å²) in [4.78, 5) is 19.5.